The Morgan fingerprint density at radius 1 is 1.30 bits per heavy atom. The fourth-order valence-corrected chi connectivity index (χ4v) is 2.38. The largest absolute Gasteiger partial charge is 0.493 e. The van der Waals surface area contributed by atoms with Gasteiger partial charge in [0.1, 0.15) is 15.6 Å². The van der Waals surface area contributed by atoms with Gasteiger partial charge in [0.25, 0.3) is 0 Å². The van der Waals surface area contributed by atoms with E-state index in [-0.39, 0.29) is 5.75 Å². The Morgan fingerprint density at radius 3 is 2.65 bits per heavy atom. The zero-order valence-corrected chi connectivity index (χ0v) is 15.2. The SMILES string of the molecule is CCCOc1cc(C)ccc1CNC(=NC)NCCS(C)(=O)=O. The molecule has 1 aromatic rings. The molecule has 6 nitrogen and oxygen atoms in total. The van der Waals surface area contributed by atoms with Crippen LogP contribution in [0.15, 0.2) is 23.2 Å². The van der Waals surface area contributed by atoms with E-state index >= 15 is 0 Å². The van der Waals surface area contributed by atoms with Crippen molar-refractivity contribution in [3.63, 3.8) is 0 Å². The highest BCUT2D eigenvalue weighted by Gasteiger charge is 2.07. The van der Waals surface area contributed by atoms with E-state index in [0.29, 0.717) is 25.7 Å². The third kappa shape index (κ3) is 7.88. The molecule has 0 aliphatic rings. The van der Waals surface area contributed by atoms with E-state index in [1.807, 2.05) is 25.1 Å². The van der Waals surface area contributed by atoms with Crippen molar-refractivity contribution in [3.8, 4) is 5.75 Å². The molecule has 0 heterocycles. The molecule has 0 bridgehead atoms. The second kappa shape index (κ2) is 9.39. The van der Waals surface area contributed by atoms with Crippen molar-refractivity contribution < 1.29 is 13.2 Å². The highest BCUT2D eigenvalue weighted by Crippen LogP contribution is 2.20. The molecule has 0 spiro atoms. The maximum absolute atomic E-state index is 11.1. The van der Waals surface area contributed by atoms with Crippen LogP contribution in [0.4, 0.5) is 0 Å². The fraction of sp³-hybridized carbons (Fsp3) is 0.562. The third-order valence-corrected chi connectivity index (χ3v) is 4.07. The van der Waals surface area contributed by atoms with Crippen LogP contribution in [0.3, 0.4) is 0 Å². The van der Waals surface area contributed by atoms with E-state index in [0.717, 1.165) is 23.3 Å². The van der Waals surface area contributed by atoms with Crippen LogP contribution in [0.25, 0.3) is 0 Å². The summed E-state index contributed by atoms with van der Waals surface area (Å²) < 4.78 is 28.1. The summed E-state index contributed by atoms with van der Waals surface area (Å²) in [5.74, 6) is 1.50. The van der Waals surface area contributed by atoms with Crippen molar-refractivity contribution in [2.75, 3.05) is 32.2 Å². The minimum atomic E-state index is -2.98. The van der Waals surface area contributed by atoms with Gasteiger partial charge in [-0.15, -0.1) is 0 Å². The second-order valence-corrected chi connectivity index (χ2v) is 7.70. The smallest absolute Gasteiger partial charge is 0.191 e. The number of sulfone groups is 1. The maximum atomic E-state index is 11.1. The highest BCUT2D eigenvalue weighted by molar-refractivity contribution is 7.90. The lowest BCUT2D eigenvalue weighted by atomic mass is 10.1. The standard InChI is InChI=1S/C16H27N3O3S/c1-5-9-22-15-11-13(2)6-7-14(15)12-19-16(17-3)18-8-10-23(4,20)21/h6-7,11H,5,8-10,12H2,1-4H3,(H2,17,18,19). The van der Waals surface area contributed by atoms with Gasteiger partial charge < -0.3 is 15.4 Å². The molecule has 0 fully saturated rings. The fourth-order valence-electron chi connectivity index (χ4n) is 1.91. The Bertz CT molecular complexity index is 627. The van der Waals surface area contributed by atoms with E-state index in [1.54, 1.807) is 7.05 Å². The third-order valence-electron chi connectivity index (χ3n) is 3.12. The number of benzene rings is 1. The van der Waals surface area contributed by atoms with Crippen molar-refractivity contribution in [3.05, 3.63) is 29.3 Å². The molecule has 23 heavy (non-hydrogen) atoms. The molecule has 0 amide bonds. The maximum Gasteiger partial charge on any atom is 0.191 e. The number of nitrogens with zero attached hydrogens (tertiary/aromatic N) is 1. The number of aryl methyl sites for hydroxylation is 1. The summed E-state index contributed by atoms with van der Waals surface area (Å²) >= 11 is 0. The summed E-state index contributed by atoms with van der Waals surface area (Å²) in [6.07, 6.45) is 2.17. The van der Waals surface area contributed by atoms with Gasteiger partial charge in [0, 0.05) is 32.0 Å². The van der Waals surface area contributed by atoms with Gasteiger partial charge in [-0.3, -0.25) is 4.99 Å². The number of guanidine groups is 1. The van der Waals surface area contributed by atoms with E-state index in [4.69, 9.17) is 4.74 Å². The van der Waals surface area contributed by atoms with E-state index in [9.17, 15) is 8.42 Å². The lowest BCUT2D eigenvalue weighted by Crippen LogP contribution is -2.39. The molecule has 0 saturated heterocycles. The van der Waals surface area contributed by atoms with Crippen LogP contribution in [-0.4, -0.2) is 46.6 Å². The predicted molar refractivity (Wildman–Crippen MR) is 94.9 cm³/mol. The molecule has 7 heteroatoms. The summed E-state index contributed by atoms with van der Waals surface area (Å²) in [7, 11) is -1.33. The summed E-state index contributed by atoms with van der Waals surface area (Å²) in [5.41, 5.74) is 2.19. The summed E-state index contributed by atoms with van der Waals surface area (Å²) in [4.78, 5) is 4.09. The van der Waals surface area contributed by atoms with Crippen LogP contribution in [0.1, 0.15) is 24.5 Å². The molecule has 0 atom stereocenters. The zero-order valence-electron chi connectivity index (χ0n) is 14.3. The molecule has 130 valence electrons. The average molecular weight is 341 g/mol. The van der Waals surface area contributed by atoms with Gasteiger partial charge in [0.05, 0.1) is 12.4 Å². The number of nitrogens with one attached hydrogen (secondary N) is 2. The Hall–Kier alpha value is -1.76. The Balaban J connectivity index is 2.61. The van der Waals surface area contributed by atoms with Gasteiger partial charge in [-0.1, -0.05) is 19.1 Å². The number of hydrogen-bond donors (Lipinski definition) is 2. The summed E-state index contributed by atoms with van der Waals surface area (Å²) in [5, 5.41) is 6.16. The first-order valence-corrected chi connectivity index (χ1v) is 9.76. The molecular formula is C16H27N3O3S. The lowest BCUT2D eigenvalue weighted by Gasteiger charge is -2.15. The average Bonchev–Trinajstić information content (AvgIpc) is 2.48. The number of rotatable bonds is 8. The summed E-state index contributed by atoms with van der Waals surface area (Å²) in [6.45, 7) is 5.66. The Kier molecular flexibility index (Phi) is 7.88. The van der Waals surface area contributed by atoms with Crippen LogP contribution < -0.4 is 15.4 Å². The first kappa shape index (κ1) is 19.3. The molecular weight excluding hydrogens is 314 g/mol. The quantitative estimate of drug-likeness (QED) is 0.553. The van der Waals surface area contributed by atoms with E-state index in [2.05, 4.69) is 22.5 Å². The minimum Gasteiger partial charge on any atom is -0.493 e. The van der Waals surface area contributed by atoms with Crippen LogP contribution in [-0.2, 0) is 16.4 Å². The van der Waals surface area contributed by atoms with E-state index in [1.165, 1.54) is 6.26 Å². The van der Waals surface area contributed by atoms with Crippen molar-refractivity contribution in [2.45, 2.75) is 26.8 Å². The van der Waals surface area contributed by atoms with Crippen molar-refractivity contribution in [2.24, 2.45) is 4.99 Å². The molecule has 1 rings (SSSR count). The van der Waals surface area contributed by atoms with Crippen molar-refractivity contribution in [1.29, 1.82) is 0 Å². The molecule has 0 saturated carbocycles. The molecule has 0 radical (unpaired) electrons. The van der Waals surface area contributed by atoms with E-state index < -0.39 is 9.84 Å². The molecule has 0 aliphatic carbocycles. The van der Waals surface area contributed by atoms with Crippen LogP contribution in [0.5, 0.6) is 5.75 Å². The Labute approximate surface area is 139 Å². The van der Waals surface area contributed by atoms with Crippen LogP contribution >= 0.6 is 0 Å². The minimum absolute atomic E-state index is 0.0725. The van der Waals surface area contributed by atoms with Gasteiger partial charge in [0.2, 0.25) is 0 Å². The highest BCUT2D eigenvalue weighted by atomic mass is 32.2. The molecule has 0 aliphatic heterocycles. The normalized spacial score (nSPS) is 12.1. The second-order valence-electron chi connectivity index (χ2n) is 5.44. The van der Waals surface area contributed by atoms with Gasteiger partial charge >= 0.3 is 0 Å². The predicted octanol–water partition coefficient (Wildman–Crippen LogP) is 1.49. The number of ether oxygens (including phenoxy) is 1. The number of aliphatic imine (C=N–C) groups is 1. The first-order chi connectivity index (χ1) is 10.9. The van der Waals surface area contributed by atoms with Crippen molar-refractivity contribution >= 4 is 15.8 Å². The van der Waals surface area contributed by atoms with Gasteiger partial charge in [0.15, 0.2) is 5.96 Å². The molecule has 1 aromatic carbocycles. The lowest BCUT2D eigenvalue weighted by molar-refractivity contribution is 0.313. The molecule has 0 unspecified atom stereocenters. The van der Waals surface area contributed by atoms with Crippen molar-refractivity contribution in [1.82, 2.24) is 10.6 Å². The van der Waals surface area contributed by atoms with Crippen LogP contribution in [0, 0.1) is 6.92 Å². The van der Waals surface area contributed by atoms with Gasteiger partial charge in [-0.25, -0.2) is 8.42 Å². The zero-order chi connectivity index (χ0) is 17.3. The topological polar surface area (TPSA) is 79.8 Å². The van der Waals surface area contributed by atoms with Gasteiger partial charge in [-0.05, 0) is 25.0 Å². The van der Waals surface area contributed by atoms with Gasteiger partial charge in [-0.2, -0.15) is 0 Å². The number of hydrogen-bond acceptors (Lipinski definition) is 4. The molecule has 0 aromatic heterocycles. The Morgan fingerprint density at radius 2 is 2.04 bits per heavy atom. The monoisotopic (exact) mass is 341 g/mol. The molecule has 2 N–H and O–H groups in total. The first-order valence-electron chi connectivity index (χ1n) is 7.70. The van der Waals surface area contributed by atoms with Crippen LogP contribution in [0.2, 0.25) is 0 Å². The summed E-state index contributed by atoms with van der Waals surface area (Å²) in [6, 6.07) is 6.08.